The highest BCUT2D eigenvalue weighted by Gasteiger charge is 2.04. The lowest BCUT2D eigenvalue weighted by molar-refractivity contribution is -0.733. The molecule has 0 aliphatic rings. The van der Waals surface area contributed by atoms with Crippen molar-refractivity contribution in [2.24, 2.45) is 24.1 Å². The number of carbonyl (C=O) groups is 1. The van der Waals surface area contributed by atoms with E-state index in [4.69, 9.17) is 0 Å². The zero-order chi connectivity index (χ0) is 13.3. The quantitative estimate of drug-likeness (QED) is 0.559. The van der Waals surface area contributed by atoms with Gasteiger partial charge in [0, 0.05) is 13.8 Å². The highest BCUT2D eigenvalue weighted by molar-refractivity contribution is 7.02. The summed E-state index contributed by atoms with van der Waals surface area (Å²) in [5.41, 5.74) is 1.69. The van der Waals surface area contributed by atoms with Crippen molar-refractivity contribution in [1.82, 2.24) is 8.98 Å². The molecule has 0 bridgehead atoms. The minimum absolute atomic E-state index is 0.533. The van der Waals surface area contributed by atoms with Crippen LogP contribution in [0.25, 0.3) is 0 Å². The van der Waals surface area contributed by atoms with E-state index in [1.807, 2.05) is 13.8 Å². The molecular formula is C9H12N6OS2. The third-order valence-electron chi connectivity index (χ3n) is 2.48. The predicted octanol–water partition coefficient (Wildman–Crippen LogP) is -1.39. The van der Waals surface area contributed by atoms with Crippen LogP contribution in [0.2, 0.25) is 0 Å². The second-order valence-corrected chi connectivity index (χ2v) is 5.15. The summed E-state index contributed by atoms with van der Waals surface area (Å²) in [6.07, 6.45) is 0. The summed E-state index contributed by atoms with van der Waals surface area (Å²) in [4.78, 5) is 19.6. The Labute approximate surface area is 111 Å². The Morgan fingerprint density at radius 1 is 1.00 bits per heavy atom. The van der Waals surface area contributed by atoms with E-state index in [1.54, 1.807) is 23.5 Å². The SMILES string of the molecule is Cc1/c(=N\C(=O)/N=c2/s[n-][n+](C)c2C)s[n-][n+]1C. The van der Waals surface area contributed by atoms with Crippen LogP contribution in [0.3, 0.4) is 0 Å². The zero-order valence-corrected chi connectivity index (χ0v) is 12.0. The van der Waals surface area contributed by atoms with E-state index in [0.29, 0.717) is 9.34 Å². The number of carbonyl (C=O) groups excluding carboxylic acids is 1. The Kier molecular flexibility index (Phi) is 3.53. The molecule has 0 aliphatic heterocycles. The molecule has 9 heteroatoms. The molecule has 0 radical (unpaired) electrons. The van der Waals surface area contributed by atoms with Gasteiger partial charge in [0.2, 0.25) is 11.4 Å². The number of hydrogen-bond donors (Lipinski definition) is 0. The monoisotopic (exact) mass is 284 g/mol. The van der Waals surface area contributed by atoms with Gasteiger partial charge in [-0.1, -0.05) is 0 Å². The highest BCUT2D eigenvalue weighted by Crippen LogP contribution is 1.86. The van der Waals surface area contributed by atoms with Gasteiger partial charge in [0.1, 0.15) is 14.1 Å². The van der Waals surface area contributed by atoms with E-state index in [0.717, 1.165) is 11.4 Å². The maximum Gasteiger partial charge on any atom is 0.370 e. The molecule has 0 atom stereocenters. The molecule has 2 amide bonds. The van der Waals surface area contributed by atoms with Crippen LogP contribution in [-0.4, -0.2) is 6.03 Å². The number of nitrogens with zero attached hydrogens (tertiary/aromatic N) is 6. The molecule has 0 aliphatic carbocycles. The van der Waals surface area contributed by atoms with Gasteiger partial charge in [-0.25, -0.2) is 4.79 Å². The van der Waals surface area contributed by atoms with Crippen molar-refractivity contribution in [2.45, 2.75) is 13.8 Å². The van der Waals surface area contributed by atoms with E-state index in [9.17, 15) is 4.79 Å². The van der Waals surface area contributed by atoms with Crippen molar-refractivity contribution in [3.8, 4) is 0 Å². The summed E-state index contributed by atoms with van der Waals surface area (Å²) in [7, 11) is 3.61. The summed E-state index contributed by atoms with van der Waals surface area (Å²) in [5, 5.41) is 0. The Balaban J connectivity index is 2.41. The van der Waals surface area contributed by atoms with Crippen LogP contribution in [0.4, 0.5) is 4.79 Å². The number of rotatable bonds is 0. The van der Waals surface area contributed by atoms with E-state index < -0.39 is 6.03 Å². The maximum absolute atomic E-state index is 11.7. The predicted molar refractivity (Wildman–Crippen MR) is 63.6 cm³/mol. The van der Waals surface area contributed by atoms with Gasteiger partial charge in [-0.05, 0) is 0 Å². The number of urea groups is 1. The van der Waals surface area contributed by atoms with Crippen LogP contribution in [0.5, 0.6) is 0 Å². The maximum atomic E-state index is 11.7. The Hall–Kier alpha value is -1.61. The Morgan fingerprint density at radius 3 is 1.67 bits per heavy atom. The van der Waals surface area contributed by atoms with Crippen LogP contribution >= 0.6 is 23.1 Å². The molecule has 0 aromatic carbocycles. The molecule has 18 heavy (non-hydrogen) atoms. The molecular weight excluding hydrogens is 272 g/mol. The first-order valence-electron chi connectivity index (χ1n) is 5.11. The molecule has 7 nitrogen and oxygen atoms in total. The first-order valence-corrected chi connectivity index (χ1v) is 6.66. The average molecular weight is 284 g/mol. The van der Waals surface area contributed by atoms with E-state index in [1.165, 1.54) is 23.1 Å². The highest BCUT2D eigenvalue weighted by atomic mass is 32.1. The molecule has 0 fully saturated rings. The molecule has 0 N–H and O–H groups in total. The lowest BCUT2D eigenvalue weighted by Gasteiger charge is -1.86. The lowest BCUT2D eigenvalue weighted by atomic mass is 10.5. The molecule has 0 saturated heterocycles. The third-order valence-corrected chi connectivity index (χ3v) is 4.26. The van der Waals surface area contributed by atoms with Crippen molar-refractivity contribution in [1.29, 1.82) is 0 Å². The van der Waals surface area contributed by atoms with Crippen LogP contribution in [-0.2, 0) is 14.1 Å². The fourth-order valence-electron chi connectivity index (χ4n) is 1.13. The van der Waals surface area contributed by atoms with Gasteiger partial charge < -0.3 is 8.98 Å². The summed E-state index contributed by atoms with van der Waals surface area (Å²) < 4.78 is 12.6. The van der Waals surface area contributed by atoms with Gasteiger partial charge in [0.25, 0.3) is 0 Å². The molecule has 0 unspecified atom stereocenters. The standard InChI is InChI=1S/C9H12N6OS2/c1-5-7(17-12-14(5)3)10-9(16)11-8-6(2)15(4)13-18-8/h1-4H3/b10-7+,11-8+. The molecule has 2 aromatic rings. The molecule has 2 heterocycles. The minimum Gasteiger partial charge on any atom is -0.361 e. The largest absolute Gasteiger partial charge is 0.370 e. The fourth-order valence-corrected chi connectivity index (χ4v) is 2.54. The molecule has 96 valence electrons. The summed E-state index contributed by atoms with van der Waals surface area (Å²) >= 11 is 2.34. The van der Waals surface area contributed by atoms with E-state index in [2.05, 4.69) is 19.0 Å². The molecule has 2 rings (SSSR count). The van der Waals surface area contributed by atoms with Crippen molar-refractivity contribution in [3.05, 3.63) is 20.7 Å². The number of aromatic nitrogens is 4. The van der Waals surface area contributed by atoms with E-state index in [-0.39, 0.29) is 0 Å². The van der Waals surface area contributed by atoms with Gasteiger partial charge in [0.15, 0.2) is 9.34 Å². The zero-order valence-electron chi connectivity index (χ0n) is 10.4. The normalized spacial score (nSPS) is 13.3. The third kappa shape index (κ3) is 2.46. The average Bonchev–Trinajstić information content (AvgIpc) is 2.80. The second kappa shape index (κ2) is 4.94. The van der Waals surface area contributed by atoms with Gasteiger partial charge in [-0.3, -0.25) is 9.36 Å². The first-order chi connectivity index (χ1) is 8.49. The lowest BCUT2D eigenvalue weighted by Crippen LogP contribution is -2.36. The van der Waals surface area contributed by atoms with Crippen LogP contribution in [0.15, 0.2) is 9.98 Å². The van der Waals surface area contributed by atoms with Gasteiger partial charge in [-0.2, -0.15) is 33.0 Å². The number of aryl methyl sites for hydroxylation is 2. The van der Waals surface area contributed by atoms with Crippen LogP contribution < -0.4 is 27.7 Å². The molecule has 0 saturated carbocycles. The smallest absolute Gasteiger partial charge is 0.361 e. The Morgan fingerprint density at radius 2 is 1.39 bits per heavy atom. The molecule has 2 aromatic heterocycles. The number of hydrogen-bond acceptors (Lipinski definition) is 3. The Bertz CT molecular complexity index is 656. The van der Waals surface area contributed by atoms with Crippen LogP contribution in [0.1, 0.15) is 11.4 Å². The topological polar surface area (TPSA) is 77.8 Å². The van der Waals surface area contributed by atoms with Crippen molar-refractivity contribution < 1.29 is 14.2 Å². The van der Waals surface area contributed by atoms with Gasteiger partial charge in [0.05, 0.1) is 0 Å². The number of amides is 2. The fraction of sp³-hybridized carbons (Fsp3) is 0.444. The van der Waals surface area contributed by atoms with Crippen molar-refractivity contribution in [3.63, 3.8) is 0 Å². The van der Waals surface area contributed by atoms with Crippen molar-refractivity contribution in [2.75, 3.05) is 0 Å². The summed E-state index contributed by atoms with van der Waals surface area (Å²) in [6, 6.07) is -0.533. The molecule has 0 spiro atoms. The van der Waals surface area contributed by atoms with Crippen molar-refractivity contribution >= 4 is 29.1 Å². The summed E-state index contributed by atoms with van der Waals surface area (Å²) in [5.74, 6) is 0. The first kappa shape index (κ1) is 12.8. The van der Waals surface area contributed by atoms with Gasteiger partial charge >= 0.3 is 6.03 Å². The van der Waals surface area contributed by atoms with Gasteiger partial charge in [-0.15, -0.1) is 0 Å². The second-order valence-electron chi connectivity index (χ2n) is 3.68. The van der Waals surface area contributed by atoms with E-state index >= 15 is 0 Å². The van der Waals surface area contributed by atoms with Crippen LogP contribution in [0, 0.1) is 13.8 Å². The summed E-state index contributed by atoms with van der Waals surface area (Å²) in [6.45, 7) is 3.71. The minimum atomic E-state index is -0.533.